The molecule has 0 heterocycles. The van der Waals surface area contributed by atoms with E-state index in [1.54, 1.807) is 0 Å². The molecule has 0 fully saturated rings. The number of carbonyl (C=O) groups is 2. The minimum absolute atomic E-state index is 0.0595. The molecular weight excluding hydrogens is 251 g/mol. The highest BCUT2D eigenvalue weighted by Gasteiger charge is 2.13. The number of ether oxygens (including phenoxy) is 1. The summed E-state index contributed by atoms with van der Waals surface area (Å²) in [4.78, 5) is 24.4. The Morgan fingerprint density at radius 2 is 1.95 bits per heavy atom. The molecule has 0 aliphatic rings. The number of nitrogens with one attached hydrogen (secondary N) is 1. The minimum Gasteiger partial charge on any atom is -0.383 e. The van der Waals surface area contributed by atoms with Crippen molar-refractivity contribution < 1.29 is 18.7 Å². The average molecular weight is 268 g/mol. The lowest BCUT2D eigenvalue weighted by Gasteiger charge is -2.19. The molecule has 104 valence electrons. The summed E-state index contributed by atoms with van der Waals surface area (Å²) in [5.74, 6) is -0.910. The van der Waals surface area contributed by atoms with Crippen molar-refractivity contribution in [3.8, 4) is 0 Å². The summed E-state index contributed by atoms with van der Waals surface area (Å²) < 4.78 is 17.6. The number of halogens is 1. The van der Waals surface area contributed by atoms with E-state index in [2.05, 4.69) is 5.32 Å². The van der Waals surface area contributed by atoms with Crippen molar-refractivity contribution in [2.45, 2.75) is 6.92 Å². The zero-order chi connectivity index (χ0) is 14.3. The van der Waals surface area contributed by atoms with Crippen LogP contribution in [0, 0.1) is 5.82 Å². The van der Waals surface area contributed by atoms with Gasteiger partial charge in [-0.2, -0.15) is 0 Å². The van der Waals surface area contributed by atoms with Gasteiger partial charge in [0.2, 0.25) is 11.8 Å². The Balaban J connectivity index is 2.52. The van der Waals surface area contributed by atoms with E-state index in [9.17, 15) is 14.0 Å². The summed E-state index contributed by atoms with van der Waals surface area (Å²) in [6.45, 7) is 2.04. The van der Waals surface area contributed by atoms with Crippen LogP contribution in [0.5, 0.6) is 0 Å². The lowest BCUT2D eigenvalue weighted by Crippen LogP contribution is -2.38. The quantitative estimate of drug-likeness (QED) is 0.845. The molecule has 0 saturated heterocycles. The molecule has 0 saturated carbocycles. The predicted octanol–water partition coefficient (Wildman–Crippen LogP) is 1.26. The molecule has 1 aromatic rings. The molecule has 0 unspecified atom stereocenters. The highest BCUT2D eigenvalue weighted by molar-refractivity contribution is 5.94. The Hall–Kier alpha value is -1.95. The van der Waals surface area contributed by atoms with E-state index in [-0.39, 0.29) is 24.2 Å². The van der Waals surface area contributed by atoms with E-state index in [1.165, 1.54) is 43.2 Å². The van der Waals surface area contributed by atoms with E-state index in [0.717, 1.165) is 0 Å². The van der Waals surface area contributed by atoms with Crippen molar-refractivity contribution >= 4 is 17.5 Å². The van der Waals surface area contributed by atoms with Crippen molar-refractivity contribution in [2.75, 3.05) is 32.1 Å². The van der Waals surface area contributed by atoms with Gasteiger partial charge < -0.3 is 15.0 Å². The molecule has 6 heteroatoms. The Labute approximate surface area is 111 Å². The smallest absolute Gasteiger partial charge is 0.243 e. The third kappa shape index (κ3) is 5.48. The van der Waals surface area contributed by atoms with E-state index < -0.39 is 0 Å². The Morgan fingerprint density at radius 3 is 2.47 bits per heavy atom. The number of anilines is 1. The van der Waals surface area contributed by atoms with E-state index in [4.69, 9.17) is 4.74 Å². The van der Waals surface area contributed by atoms with Crippen LogP contribution in [0.2, 0.25) is 0 Å². The van der Waals surface area contributed by atoms with Crippen molar-refractivity contribution in [1.82, 2.24) is 4.90 Å². The molecule has 0 spiro atoms. The highest BCUT2D eigenvalue weighted by Crippen LogP contribution is 2.08. The lowest BCUT2D eigenvalue weighted by molar-refractivity contribution is -0.133. The van der Waals surface area contributed by atoms with Crippen LogP contribution in [0.25, 0.3) is 0 Å². The Morgan fingerprint density at radius 1 is 1.32 bits per heavy atom. The van der Waals surface area contributed by atoms with Gasteiger partial charge in [-0.05, 0) is 24.3 Å². The molecule has 19 heavy (non-hydrogen) atoms. The first-order valence-electron chi connectivity index (χ1n) is 5.83. The number of rotatable bonds is 6. The third-order valence-electron chi connectivity index (χ3n) is 2.47. The van der Waals surface area contributed by atoms with Crippen LogP contribution in [-0.4, -0.2) is 43.5 Å². The normalized spacial score (nSPS) is 10.1. The van der Waals surface area contributed by atoms with Crippen molar-refractivity contribution in [3.05, 3.63) is 30.1 Å². The number of hydrogen-bond acceptors (Lipinski definition) is 3. The summed E-state index contributed by atoms with van der Waals surface area (Å²) in [5, 5.41) is 2.59. The maximum Gasteiger partial charge on any atom is 0.243 e. The minimum atomic E-state index is -0.372. The maximum atomic E-state index is 12.7. The van der Waals surface area contributed by atoms with Gasteiger partial charge in [0.1, 0.15) is 5.82 Å². The standard InChI is InChI=1S/C13H17FN2O3/c1-10(17)16(7-8-19-2)9-13(18)15-12-5-3-11(14)4-6-12/h3-6H,7-9H2,1-2H3,(H,15,18). The molecule has 0 radical (unpaired) electrons. The van der Waals surface area contributed by atoms with Gasteiger partial charge in [-0.1, -0.05) is 0 Å². The summed E-state index contributed by atoms with van der Waals surface area (Å²) in [6.07, 6.45) is 0. The fourth-order valence-corrected chi connectivity index (χ4v) is 1.46. The van der Waals surface area contributed by atoms with Crippen LogP contribution >= 0.6 is 0 Å². The average Bonchev–Trinajstić information content (AvgIpc) is 2.37. The van der Waals surface area contributed by atoms with Gasteiger partial charge in [0.25, 0.3) is 0 Å². The Kier molecular flexibility index (Phi) is 5.95. The first kappa shape index (κ1) is 15.1. The van der Waals surface area contributed by atoms with Crippen LogP contribution < -0.4 is 5.32 Å². The van der Waals surface area contributed by atoms with Crippen LogP contribution in [0.1, 0.15) is 6.92 Å². The first-order valence-corrected chi connectivity index (χ1v) is 5.83. The van der Waals surface area contributed by atoms with Gasteiger partial charge in [0.15, 0.2) is 0 Å². The van der Waals surface area contributed by atoms with E-state index in [0.29, 0.717) is 18.8 Å². The maximum absolute atomic E-state index is 12.7. The second kappa shape index (κ2) is 7.48. The molecule has 0 aliphatic heterocycles. The predicted molar refractivity (Wildman–Crippen MR) is 69.2 cm³/mol. The fourth-order valence-electron chi connectivity index (χ4n) is 1.46. The molecule has 0 aromatic heterocycles. The molecule has 1 aromatic carbocycles. The second-order valence-corrected chi connectivity index (χ2v) is 3.99. The number of amides is 2. The largest absolute Gasteiger partial charge is 0.383 e. The van der Waals surface area contributed by atoms with E-state index >= 15 is 0 Å². The van der Waals surface area contributed by atoms with Gasteiger partial charge in [-0.3, -0.25) is 9.59 Å². The molecule has 5 nitrogen and oxygen atoms in total. The summed E-state index contributed by atoms with van der Waals surface area (Å²) in [7, 11) is 1.52. The van der Waals surface area contributed by atoms with E-state index in [1.807, 2.05) is 0 Å². The topological polar surface area (TPSA) is 58.6 Å². The number of nitrogens with zero attached hydrogens (tertiary/aromatic N) is 1. The number of carbonyl (C=O) groups excluding carboxylic acids is 2. The fraction of sp³-hybridized carbons (Fsp3) is 0.385. The van der Waals surface area contributed by atoms with Gasteiger partial charge in [-0.25, -0.2) is 4.39 Å². The molecular formula is C13H17FN2O3. The van der Waals surface area contributed by atoms with Gasteiger partial charge in [0, 0.05) is 26.3 Å². The molecule has 0 atom stereocenters. The third-order valence-corrected chi connectivity index (χ3v) is 2.47. The van der Waals surface area contributed by atoms with Crippen molar-refractivity contribution in [3.63, 3.8) is 0 Å². The highest BCUT2D eigenvalue weighted by atomic mass is 19.1. The molecule has 0 aliphatic carbocycles. The van der Waals surface area contributed by atoms with Crippen LogP contribution in [0.3, 0.4) is 0 Å². The van der Waals surface area contributed by atoms with Gasteiger partial charge in [0.05, 0.1) is 13.2 Å². The lowest BCUT2D eigenvalue weighted by atomic mass is 10.3. The molecule has 1 rings (SSSR count). The summed E-state index contributed by atoms with van der Waals surface area (Å²) in [6, 6.07) is 5.42. The zero-order valence-corrected chi connectivity index (χ0v) is 11.0. The Bertz CT molecular complexity index is 434. The van der Waals surface area contributed by atoms with Crippen LogP contribution in [0.15, 0.2) is 24.3 Å². The first-order chi connectivity index (χ1) is 9.02. The second-order valence-electron chi connectivity index (χ2n) is 3.99. The zero-order valence-electron chi connectivity index (χ0n) is 11.0. The molecule has 0 bridgehead atoms. The van der Waals surface area contributed by atoms with Gasteiger partial charge in [-0.15, -0.1) is 0 Å². The summed E-state index contributed by atoms with van der Waals surface area (Å²) >= 11 is 0. The molecule has 1 N–H and O–H groups in total. The van der Waals surface area contributed by atoms with Crippen LogP contribution in [0.4, 0.5) is 10.1 Å². The number of methoxy groups -OCH3 is 1. The monoisotopic (exact) mass is 268 g/mol. The van der Waals surface area contributed by atoms with Gasteiger partial charge >= 0.3 is 0 Å². The van der Waals surface area contributed by atoms with Crippen LogP contribution in [-0.2, 0) is 14.3 Å². The summed E-state index contributed by atoms with van der Waals surface area (Å²) in [5.41, 5.74) is 0.488. The SMILES string of the molecule is COCCN(CC(=O)Nc1ccc(F)cc1)C(C)=O. The number of benzene rings is 1. The van der Waals surface area contributed by atoms with Crippen molar-refractivity contribution in [1.29, 1.82) is 0 Å². The molecule has 2 amide bonds. The van der Waals surface area contributed by atoms with Crippen molar-refractivity contribution in [2.24, 2.45) is 0 Å². The number of hydrogen-bond donors (Lipinski definition) is 1.